The molecule has 0 aliphatic rings. The lowest BCUT2D eigenvalue weighted by molar-refractivity contribution is 0.0165. The van der Waals surface area contributed by atoms with Crippen LogP contribution in [-0.4, -0.2) is 22.0 Å². The summed E-state index contributed by atoms with van der Waals surface area (Å²) in [5.41, 5.74) is -2.23. The predicted octanol–water partition coefficient (Wildman–Crippen LogP) is 5.11. The van der Waals surface area contributed by atoms with Gasteiger partial charge in [0.1, 0.15) is 6.10 Å². The summed E-state index contributed by atoms with van der Waals surface area (Å²) in [6.07, 6.45) is 16.1. The molecule has 0 saturated carbocycles. The molecule has 1 heterocycles. The minimum atomic E-state index is -1.23. The average Bonchev–Trinajstić information content (AvgIpc) is 2.69. The molecule has 0 bridgehead atoms. The number of halogens is 1. The van der Waals surface area contributed by atoms with Gasteiger partial charge in [0, 0.05) is 0 Å². The van der Waals surface area contributed by atoms with Gasteiger partial charge in [-0.1, -0.05) is 84.0 Å². The number of unbranched alkanes of at least 4 members (excludes halogenated alkanes) is 12. The Morgan fingerprint density at radius 2 is 1.47 bits per heavy atom. The molecule has 0 spiro atoms. The van der Waals surface area contributed by atoms with Gasteiger partial charge in [0.05, 0.1) is 6.20 Å². The molecule has 0 saturated heterocycles. The molecule has 0 radical (unpaired) electrons. The van der Waals surface area contributed by atoms with E-state index in [0.717, 1.165) is 12.8 Å². The Kier molecular flexibility index (Phi) is 13.5. The fourth-order valence-corrected chi connectivity index (χ4v) is 3.27. The number of rotatable bonds is 16. The van der Waals surface area contributed by atoms with Gasteiger partial charge in [0.2, 0.25) is 5.82 Å². The largest absolute Gasteiger partial charge is 0.534 e. The van der Waals surface area contributed by atoms with Gasteiger partial charge in [-0.3, -0.25) is 14.6 Å². The van der Waals surface area contributed by atoms with Gasteiger partial charge in [-0.25, -0.2) is 9.59 Å². The quantitative estimate of drug-likeness (QED) is 0.292. The summed E-state index contributed by atoms with van der Waals surface area (Å²) in [4.78, 5) is 40.4. The molecule has 1 atom stereocenters. The van der Waals surface area contributed by atoms with E-state index < -0.39 is 23.2 Å². The third kappa shape index (κ3) is 11.8. The van der Waals surface area contributed by atoms with Crippen molar-refractivity contribution in [3.63, 3.8) is 0 Å². The zero-order valence-corrected chi connectivity index (χ0v) is 18.4. The van der Waals surface area contributed by atoms with E-state index in [0.29, 0.717) is 17.3 Å². The van der Waals surface area contributed by atoms with Crippen molar-refractivity contribution in [2.75, 3.05) is 0 Å². The molecule has 1 aromatic heterocycles. The molecular weight excluding hydrogens is 391 g/mol. The standard InChI is InChI=1S/C22H37FN2O5/c1-3-4-5-6-7-8-9-10-11-12-13-14-15-16-18(2)29-22(28)30-25-17-19(23)20(26)24-21(25)27/h17-18H,3-16H2,1-2H3,(H,24,26,27). The minimum Gasteiger partial charge on any atom is -0.430 e. The Balaban J connectivity index is 2.02. The fraction of sp³-hybridized carbons (Fsp3) is 0.773. The van der Waals surface area contributed by atoms with E-state index in [1.54, 1.807) is 11.9 Å². The first kappa shape index (κ1) is 25.9. The molecule has 0 aromatic carbocycles. The van der Waals surface area contributed by atoms with Crippen molar-refractivity contribution < 1.29 is 18.8 Å². The van der Waals surface area contributed by atoms with Gasteiger partial charge in [0.15, 0.2) is 0 Å². The number of nitrogens with one attached hydrogen (secondary N) is 1. The number of aromatic amines is 1. The van der Waals surface area contributed by atoms with Gasteiger partial charge in [-0.2, -0.15) is 4.39 Å². The van der Waals surface area contributed by atoms with Crippen LogP contribution in [0.2, 0.25) is 0 Å². The second kappa shape index (κ2) is 15.7. The molecule has 8 heteroatoms. The summed E-state index contributed by atoms with van der Waals surface area (Å²) >= 11 is 0. The van der Waals surface area contributed by atoms with Crippen molar-refractivity contribution >= 4 is 6.16 Å². The molecule has 1 aromatic rings. The van der Waals surface area contributed by atoms with Gasteiger partial charge in [-0.05, 0) is 19.8 Å². The highest BCUT2D eigenvalue weighted by molar-refractivity contribution is 5.60. The molecule has 172 valence electrons. The second-order valence-corrected chi connectivity index (χ2v) is 7.86. The van der Waals surface area contributed by atoms with Crippen LogP contribution >= 0.6 is 0 Å². The van der Waals surface area contributed by atoms with Gasteiger partial charge < -0.3 is 4.74 Å². The average molecular weight is 429 g/mol. The van der Waals surface area contributed by atoms with Crippen LogP contribution in [0.3, 0.4) is 0 Å². The maximum atomic E-state index is 13.1. The Morgan fingerprint density at radius 1 is 0.967 bits per heavy atom. The molecule has 1 N–H and O–H groups in total. The number of hydrogen-bond donors (Lipinski definition) is 1. The molecule has 0 fully saturated rings. The Bertz CT molecular complexity index is 716. The first-order valence-corrected chi connectivity index (χ1v) is 11.3. The number of nitrogens with zero attached hydrogens (tertiary/aromatic N) is 1. The normalized spacial score (nSPS) is 12.0. The van der Waals surface area contributed by atoms with Gasteiger partial charge in [-0.15, -0.1) is 4.73 Å². The lowest BCUT2D eigenvalue weighted by atomic mass is 10.0. The highest BCUT2D eigenvalue weighted by Crippen LogP contribution is 2.14. The van der Waals surface area contributed by atoms with Crippen LogP contribution in [-0.2, 0) is 4.74 Å². The Hall–Kier alpha value is -2.12. The topological polar surface area (TPSA) is 90.4 Å². The molecule has 30 heavy (non-hydrogen) atoms. The van der Waals surface area contributed by atoms with Crippen LogP contribution in [0.4, 0.5) is 9.18 Å². The van der Waals surface area contributed by atoms with Crippen LogP contribution in [0.1, 0.15) is 104 Å². The van der Waals surface area contributed by atoms with E-state index >= 15 is 0 Å². The van der Waals surface area contributed by atoms with E-state index in [4.69, 9.17) is 4.74 Å². The van der Waals surface area contributed by atoms with Crippen molar-refractivity contribution in [2.24, 2.45) is 0 Å². The third-order valence-electron chi connectivity index (χ3n) is 5.05. The van der Waals surface area contributed by atoms with E-state index in [1.807, 2.05) is 0 Å². The van der Waals surface area contributed by atoms with Crippen molar-refractivity contribution in [1.82, 2.24) is 9.71 Å². The van der Waals surface area contributed by atoms with Crippen LogP contribution in [0.5, 0.6) is 0 Å². The number of H-pyrrole nitrogens is 1. The van der Waals surface area contributed by atoms with Gasteiger partial charge in [0.25, 0.3) is 5.56 Å². The van der Waals surface area contributed by atoms with Crippen LogP contribution in [0.25, 0.3) is 0 Å². The molecule has 1 rings (SSSR count). The summed E-state index contributed by atoms with van der Waals surface area (Å²) in [5.74, 6) is -1.23. The monoisotopic (exact) mass is 428 g/mol. The zero-order chi connectivity index (χ0) is 22.2. The summed E-state index contributed by atoms with van der Waals surface area (Å²) < 4.78 is 18.5. The number of aromatic nitrogens is 2. The lowest BCUT2D eigenvalue weighted by Crippen LogP contribution is -2.38. The van der Waals surface area contributed by atoms with E-state index in [-0.39, 0.29) is 6.10 Å². The summed E-state index contributed by atoms with van der Waals surface area (Å²) in [6, 6.07) is 0. The van der Waals surface area contributed by atoms with Crippen LogP contribution in [0, 0.1) is 5.82 Å². The summed E-state index contributed by atoms with van der Waals surface area (Å²) in [6.45, 7) is 3.98. The maximum Gasteiger partial charge on any atom is 0.534 e. The molecule has 0 aliphatic carbocycles. The smallest absolute Gasteiger partial charge is 0.430 e. The fourth-order valence-electron chi connectivity index (χ4n) is 3.27. The van der Waals surface area contributed by atoms with E-state index in [1.165, 1.54) is 70.6 Å². The molecule has 1 unspecified atom stereocenters. The highest BCUT2D eigenvalue weighted by Gasteiger charge is 2.14. The van der Waals surface area contributed by atoms with Crippen LogP contribution in [0.15, 0.2) is 15.8 Å². The molecule has 0 amide bonds. The molecule has 7 nitrogen and oxygen atoms in total. The number of carbonyl (C=O) groups excluding carboxylic acids is 1. The van der Waals surface area contributed by atoms with Gasteiger partial charge >= 0.3 is 11.8 Å². The van der Waals surface area contributed by atoms with Crippen molar-refractivity contribution in [3.05, 3.63) is 32.9 Å². The van der Waals surface area contributed by atoms with Crippen molar-refractivity contribution in [3.8, 4) is 0 Å². The Labute approximate surface area is 177 Å². The zero-order valence-electron chi connectivity index (χ0n) is 18.4. The minimum absolute atomic E-state index is 0.303. The number of hydrogen-bond acceptors (Lipinski definition) is 5. The first-order valence-electron chi connectivity index (χ1n) is 11.3. The van der Waals surface area contributed by atoms with Crippen molar-refractivity contribution in [1.29, 1.82) is 0 Å². The maximum absolute atomic E-state index is 13.1. The van der Waals surface area contributed by atoms with Crippen molar-refractivity contribution in [2.45, 2.75) is 110 Å². The lowest BCUT2D eigenvalue weighted by Gasteiger charge is -2.13. The number of ether oxygens (including phenoxy) is 1. The molecular formula is C22H37FN2O5. The van der Waals surface area contributed by atoms with E-state index in [9.17, 15) is 18.8 Å². The SMILES string of the molecule is CCCCCCCCCCCCCCCC(C)OC(=O)On1cc(F)c(=O)[nH]c1=O. The third-order valence-corrected chi connectivity index (χ3v) is 5.05. The Morgan fingerprint density at radius 3 is 2.00 bits per heavy atom. The summed E-state index contributed by atoms with van der Waals surface area (Å²) in [5, 5.41) is 0. The second-order valence-electron chi connectivity index (χ2n) is 7.86. The first-order chi connectivity index (χ1) is 14.4. The highest BCUT2D eigenvalue weighted by atomic mass is 19.1. The van der Waals surface area contributed by atoms with Crippen LogP contribution < -0.4 is 16.1 Å². The molecule has 0 aliphatic heterocycles. The summed E-state index contributed by atoms with van der Waals surface area (Å²) in [7, 11) is 0. The number of carbonyl (C=O) groups is 1. The van der Waals surface area contributed by atoms with E-state index in [2.05, 4.69) is 11.8 Å². The predicted molar refractivity (Wildman–Crippen MR) is 114 cm³/mol.